The lowest BCUT2D eigenvalue weighted by Gasteiger charge is -2.32. The van der Waals surface area contributed by atoms with Crippen LogP contribution in [-0.4, -0.2) is 35.6 Å². The van der Waals surface area contributed by atoms with Crippen molar-refractivity contribution in [1.29, 1.82) is 0 Å². The molecule has 0 atom stereocenters. The number of aromatic nitrogens is 2. The number of ether oxygens (including phenoxy) is 1. The molecule has 0 amide bonds. The molecule has 0 aliphatic carbocycles. The topological polar surface area (TPSA) is 55.3 Å². The van der Waals surface area contributed by atoms with Gasteiger partial charge in [-0.15, -0.1) is 11.3 Å². The standard InChI is InChI=1S/C23H27N3O2S/c1-3-18-15-19-21(26-12-10-17(11-13-26)23(27)28-4-2)24-20(25-22(19)29-18)14-16-8-6-5-7-9-16/h5-9,15,17H,3-4,10-14H2,1-2H3. The first-order chi connectivity index (χ1) is 14.2. The number of thiophene rings is 1. The SMILES string of the molecule is CCOC(=O)C1CCN(c2nc(Cc3ccccc3)nc3sc(CC)cc23)CC1. The summed E-state index contributed by atoms with van der Waals surface area (Å²) in [5, 5.41) is 1.14. The molecule has 1 fully saturated rings. The number of anilines is 1. The number of hydrogen-bond acceptors (Lipinski definition) is 6. The van der Waals surface area contributed by atoms with Gasteiger partial charge in [0.25, 0.3) is 0 Å². The molecule has 1 aliphatic rings. The molecule has 0 saturated carbocycles. The second-order valence-electron chi connectivity index (χ2n) is 7.42. The third-order valence-corrected chi connectivity index (χ3v) is 6.61. The first kappa shape index (κ1) is 19.8. The Morgan fingerprint density at radius 3 is 2.62 bits per heavy atom. The van der Waals surface area contributed by atoms with Crippen LogP contribution < -0.4 is 4.90 Å². The van der Waals surface area contributed by atoms with Gasteiger partial charge in [0.05, 0.1) is 17.9 Å². The molecule has 1 aromatic carbocycles. The summed E-state index contributed by atoms with van der Waals surface area (Å²) in [4.78, 5) is 26.6. The van der Waals surface area contributed by atoms with E-state index in [9.17, 15) is 4.79 Å². The maximum atomic E-state index is 12.1. The molecular weight excluding hydrogens is 382 g/mol. The predicted octanol–water partition coefficient (Wildman–Crippen LogP) is 4.62. The van der Waals surface area contributed by atoms with E-state index in [4.69, 9.17) is 14.7 Å². The molecule has 3 aromatic rings. The summed E-state index contributed by atoms with van der Waals surface area (Å²) in [6, 6.07) is 12.6. The normalized spacial score (nSPS) is 15.0. The fourth-order valence-corrected chi connectivity index (χ4v) is 4.84. The number of rotatable bonds is 6. The van der Waals surface area contributed by atoms with E-state index in [1.54, 1.807) is 11.3 Å². The lowest BCUT2D eigenvalue weighted by molar-refractivity contribution is -0.148. The Bertz CT molecular complexity index is 978. The van der Waals surface area contributed by atoms with E-state index < -0.39 is 0 Å². The number of carbonyl (C=O) groups is 1. The average Bonchev–Trinajstić information content (AvgIpc) is 3.17. The van der Waals surface area contributed by atoms with Crippen molar-refractivity contribution in [1.82, 2.24) is 9.97 Å². The van der Waals surface area contributed by atoms with Crippen molar-refractivity contribution < 1.29 is 9.53 Å². The summed E-state index contributed by atoms with van der Waals surface area (Å²) >= 11 is 1.76. The van der Waals surface area contributed by atoms with E-state index >= 15 is 0 Å². The molecule has 152 valence electrons. The van der Waals surface area contributed by atoms with Crippen LogP contribution in [0.15, 0.2) is 36.4 Å². The van der Waals surface area contributed by atoms with E-state index in [1.807, 2.05) is 13.0 Å². The van der Waals surface area contributed by atoms with Crippen molar-refractivity contribution in [2.45, 2.75) is 39.5 Å². The highest BCUT2D eigenvalue weighted by Crippen LogP contribution is 2.34. The minimum Gasteiger partial charge on any atom is -0.466 e. The summed E-state index contributed by atoms with van der Waals surface area (Å²) < 4.78 is 5.21. The van der Waals surface area contributed by atoms with Crippen molar-refractivity contribution in [2.75, 3.05) is 24.6 Å². The Balaban J connectivity index is 1.62. The maximum absolute atomic E-state index is 12.1. The maximum Gasteiger partial charge on any atom is 0.309 e. The van der Waals surface area contributed by atoms with Gasteiger partial charge in [0, 0.05) is 24.4 Å². The molecule has 6 heteroatoms. The molecule has 0 radical (unpaired) electrons. The molecule has 29 heavy (non-hydrogen) atoms. The van der Waals surface area contributed by atoms with Gasteiger partial charge in [-0.1, -0.05) is 37.3 Å². The fourth-order valence-electron chi connectivity index (χ4n) is 3.86. The largest absolute Gasteiger partial charge is 0.466 e. The molecule has 3 heterocycles. The van der Waals surface area contributed by atoms with E-state index in [-0.39, 0.29) is 11.9 Å². The summed E-state index contributed by atoms with van der Waals surface area (Å²) in [6.07, 6.45) is 3.34. The van der Waals surface area contributed by atoms with Crippen molar-refractivity contribution in [2.24, 2.45) is 5.92 Å². The molecule has 0 unspecified atom stereocenters. The summed E-state index contributed by atoms with van der Waals surface area (Å²) in [5.74, 6) is 1.81. The average molecular weight is 410 g/mol. The van der Waals surface area contributed by atoms with Crippen LogP contribution in [0.25, 0.3) is 10.2 Å². The molecule has 4 rings (SSSR count). The highest BCUT2D eigenvalue weighted by Gasteiger charge is 2.28. The zero-order valence-electron chi connectivity index (χ0n) is 17.1. The van der Waals surface area contributed by atoms with Crippen LogP contribution in [0, 0.1) is 5.92 Å². The summed E-state index contributed by atoms with van der Waals surface area (Å²) in [5.41, 5.74) is 1.21. The van der Waals surface area contributed by atoms with E-state index in [2.05, 4.69) is 42.2 Å². The molecule has 0 bridgehead atoms. The number of carbonyl (C=O) groups excluding carboxylic acids is 1. The van der Waals surface area contributed by atoms with Crippen LogP contribution >= 0.6 is 11.3 Å². The van der Waals surface area contributed by atoms with Crippen LogP contribution in [0.2, 0.25) is 0 Å². The Labute approximate surface area is 175 Å². The lowest BCUT2D eigenvalue weighted by Crippen LogP contribution is -2.37. The van der Waals surface area contributed by atoms with Crippen LogP contribution in [0.1, 0.15) is 43.0 Å². The van der Waals surface area contributed by atoms with Crippen LogP contribution in [-0.2, 0) is 22.4 Å². The van der Waals surface area contributed by atoms with Gasteiger partial charge in [-0.2, -0.15) is 0 Å². The third kappa shape index (κ3) is 4.42. The van der Waals surface area contributed by atoms with Crippen molar-refractivity contribution >= 4 is 33.3 Å². The number of hydrogen-bond donors (Lipinski definition) is 0. The number of nitrogens with zero attached hydrogens (tertiary/aromatic N) is 3. The smallest absolute Gasteiger partial charge is 0.309 e. The monoisotopic (exact) mass is 409 g/mol. The number of fused-ring (bicyclic) bond motifs is 1. The van der Waals surface area contributed by atoms with Crippen molar-refractivity contribution in [3.8, 4) is 0 Å². The quantitative estimate of drug-likeness (QED) is 0.556. The molecular formula is C23H27N3O2S. The minimum atomic E-state index is -0.0615. The van der Waals surface area contributed by atoms with Gasteiger partial charge in [0.1, 0.15) is 16.5 Å². The van der Waals surface area contributed by atoms with Gasteiger partial charge in [-0.25, -0.2) is 9.97 Å². The molecule has 0 spiro atoms. The second-order valence-corrected chi connectivity index (χ2v) is 8.54. The number of benzene rings is 1. The van der Waals surface area contributed by atoms with Gasteiger partial charge in [-0.3, -0.25) is 4.79 Å². The van der Waals surface area contributed by atoms with E-state index in [1.165, 1.54) is 10.4 Å². The number of piperidine rings is 1. The van der Waals surface area contributed by atoms with E-state index in [0.29, 0.717) is 6.61 Å². The van der Waals surface area contributed by atoms with Gasteiger partial charge in [0.2, 0.25) is 0 Å². The number of aryl methyl sites for hydroxylation is 1. The first-order valence-electron chi connectivity index (χ1n) is 10.4. The highest BCUT2D eigenvalue weighted by molar-refractivity contribution is 7.18. The first-order valence-corrected chi connectivity index (χ1v) is 11.2. The predicted molar refractivity (Wildman–Crippen MR) is 118 cm³/mol. The zero-order valence-corrected chi connectivity index (χ0v) is 17.9. The van der Waals surface area contributed by atoms with Gasteiger partial charge in [-0.05, 0) is 37.8 Å². The Morgan fingerprint density at radius 2 is 1.93 bits per heavy atom. The highest BCUT2D eigenvalue weighted by atomic mass is 32.1. The molecule has 2 aromatic heterocycles. The third-order valence-electron chi connectivity index (χ3n) is 5.44. The lowest BCUT2D eigenvalue weighted by atomic mass is 9.97. The summed E-state index contributed by atoms with van der Waals surface area (Å²) in [6.45, 7) is 6.12. The van der Waals surface area contributed by atoms with Gasteiger partial charge < -0.3 is 9.64 Å². The zero-order chi connectivity index (χ0) is 20.2. The van der Waals surface area contributed by atoms with Crippen LogP contribution in [0.5, 0.6) is 0 Å². The van der Waals surface area contributed by atoms with Crippen molar-refractivity contribution in [3.05, 3.63) is 52.7 Å². The Morgan fingerprint density at radius 1 is 1.17 bits per heavy atom. The molecule has 5 nitrogen and oxygen atoms in total. The van der Waals surface area contributed by atoms with Crippen LogP contribution in [0.3, 0.4) is 0 Å². The number of esters is 1. The second kappa shape index (κ2) is 8.91. The molecule has 0 N–H and O–H groups in total. The minimum absolute atomic E-state index is 0.000921. The fraction of sp³-hybridized carbons (Fsp3) is 0.435. The Kier molecular flexibility index (Phi) is 6.09. The Hall–Kier alpha value is -2.47. The van der Waals surface area contributed by atoms with Gasteiger partial charge >= 0.3 is 5.97 Å². The molecule has 1 saturated heterocycles. The van der Waals surface area contributed by atoms with Crippen molar-refractivity contribution in [3.63, 3.8) is 0 Å². The van der Waals surface area contributed by atoms with E-state index in [0.717, 1.165) is 60.6 Å². The molecule has 1 aliphatic heterocycles. The van der Waals surface area contributed by atoms with Gasteiger partial charge in [0.15, 0.2) is 0 Å². The summed E-state index contributed by atoms with van der Waals surface area (Å²) in [7, 11) is 0. The van der Waals surface area contributed by atoms with Crippen LogP contribution in [0.4, 0.5) is 5.82 Å².